The number of para-hydroxylation sites is 2. The molecule has 3 aromatic carbocycles. The van der Waals surface area contributed by atoms with Crippen molar-refractivity contribution >= 4 is 34.7 Å². The lowest BCUT2D eigenvalue weighted by Gasteiger charge is -2.28. The summed E-state index contributed by atoms with van der Waals surface area (Å²) in [6, 6.07) is 20.3. The Hall–Kier alpha value is -4.19. The van der Waals surface area contributed by atoms with Crippen LogP contribution in [0.1, 0.15) is 35.6 Å². The molecule has 6 heteroatoms. The summed E-state index contributed by atoms with van der Waals surface area (Å²) >= 11 is 0. The molecule has 1 aliphatic rings. The van der Waals surface area contributed by atoms with Crippen LogP contribution in [0.25, 0.3) is 11.8 Å². The predicted molar refractivity (Wildman–Crippen MR) is 141 cm³/mol. The molecule has 1 heterocycles. The molecular formula is C28H28FN5. The highest BCUT2D eigenvalue weighted by Gasteiger charge is 2.25. The summed E-state index contributed by atoms with van der Waals surface area (Å²) in [6.07, 6.45) is 1.99. The van der Waals surface area contributed by atoms with Crippen LogP contribution in [0.4, 0.5) is 15.8 Å². The summed E-state index contributed by atoms with van der Waals surface area (Å²) in [5, 5.41) is 18.7. The maximum absolute atomic E-state index is 14.6. The van der Waals surface area contributed by atoms with Crippen LogP contribution in [0, 0.1) is 11.2 Å². The molecule has 34 heavy (non-hydrogen) atoms. The molecule has 0 amide bonds. The van der Waals surface area contributed by atoms with Crippen LogP contribution in [-0.2, 0) is 0 Å². The fraction of sp³-hybridized carbons (Fsp3) is 0.143. The van der Waals surface area contributed by atoms with E-state index in [9.17, 15) is 4.39 Å². The average molecular weight is 454 g/mol. The van der Waals surface area contributed by atoms with E-state index in [1.54, 1.807) is 12.1 Å². The van der Waals surface area contributed by atoms with E-state index in [1.807, 2.05) is 61.5 Å². The molecule has 0 fully saturated rings. The van der Waals surface area contributed by atoms with Crippen molar-refractivity contribution in [1.29, 1.82) is 5.41 Å². The van der Waals surface area contributed by atoms with Crippen LogP contribution >= 0.6 is 0 Å². The van der Waals surface area contributed by atoms with E-state index in [2.05, 4.69) is 29.1 Å². The second kappa shape index (κ2) is 10.2. The summed E-state index contributed by atoms with van der Waals surface area (Å²) in [6.45, 7) is 10.7. The fourth-order valence-electron chi connectivity index (χ4n) is 3.91. The first-order valence-electron chi connectivity index (χ1n) is 11.3. The molecule has 0 saturated carbocycles. The fourth-order valence-corrected chi connectivity index (χ4v) is 3.91. The van der Waals surface area contributed by atoms with Gasteiger partial charge in [-0.1, -0.05) is 74.7 Å². The van der Waals surface area contributed by atoms with E-state index in [1.165, 1.54) is 6.07 Å². The quantitative estimate of drug-likeness (QED) is 0.311. The topological polar surface area (TPSA) is 72.3 Å². The van der Waals surface area contributed by atoms with Crippen molar-refractivity contribution in [2.24, 2.45) is 4.99 Å². The molecular weight excluding hydrogens is 425 g/mol. The smallest absolute Gasteiger partial charge is 0.164 e. The largest absolute Gasteiger partial charge is 0.382 e. The van der Waals surface area contributed by atoms with Crippen LogP contribution in [0.3, 0.4) is 0 Å². The van der Waals surface area contributed by atoms with Gasteiger partial charge in [0.1, 0.15) is 11.7 Å². The minimum Gasteiger partial charge on any atom is -0.382 e. The van der Waals surface area contributed by atoms with E-state index in [0.717, 1.165) is 28.8 Å². The first-order valence-corrected chi connectivity index (χ1v) is 11.3. The van der Waals surface area contributed by atoms with E-state index in [4.69, 9.17) is 10.4 Å². The van der Waals surface area contributed by atoms with E-state index < -0.39 is 6.17 Å². The van der Waals surface area contributed by atoms with Crippen LogP contribution in [0.2, 0.25) is 0 Å². The van der Waals surface area contributed by atoms with Gasteiger partial charge in [-0.3, -0.25) is 0 Å². The zero-order valence-corrected chi connectivity index (χ0v) is 19.2. The summed E-state index contributed by atoms with van der Waals surface area (Å²) in [7, 11) is 0. The van der Waals surface area contributed by atoms with Crippen molar-refractivity contribution in [2.45, 2.75) is 19.5 Å². The van der Waals surface area contributed by atoms with Crippen molar-refractivity contribution < 1.29 is 4.39 Å². The van der Waals surface area contributed by atoms with Crippen LogP contribution in [0.5, 0.6) is 0 Å². The lowest BCUT2D eigenvalue weighted by atomic mass is 9.99. The first-order chi connectivity index (χ1) is 16.5. The number of aliphatic imine (C=N–C) groups is 1. The van der Waals surface area contributed by atoms with Gasteiger partial charge < -0.3 is 21.4 Å². The zero-order chi connectivity index (χ0) is 24.1. The van der Waals surface area contributed by atoms with Gasteiger partial charge in [0.05, 0.1) is 11.4 Å². The Labute approximate surface area is 199 Å². The van der Waals surface area contributed by atoms with Gasteiger partial charge in [0.25, 0.3) is 0 Å². The highest BCUT2D eigenvalue weighted by molar-refractivity contribution is 6.13. The third-order valence-electron chi connectivity index (χ3n) is 5.64. The number of fused-ring (bicyclic) bond motifs is 1. The van der Waals surface area contributed by atoms with Crippen molar-refractivity contribution in [3.05, 3.63) is 108 Å². The monoisotopic (exact) mass is 453 g/mol. The Morgan fingerprint density at radius 1 is 1.09 bits per heavy atom. The summed E-state index contributed by atoms with van der Waals surface area (Å²) < 4.78 is 14.6. The minimum absolute atomic E-state index is 0.325. The Morgan fingerprint density at radius 3 is 2.62 bits per heavy atom. The average Bonchev–Trinajstić information content (AvgIpc) is 2.87. The highest BCUT2D eigenvalue weighted by atomic mass is 19.1. The summed E-state index contributed by atoms with van der Waals surface area (Å²) in [5.41, 5.74) is 5.22. The molecule has 4 rings (SSSR count). The highest BCUT2D eigenvalue weighted by Crippen LogP contribution is 2.28. The Bertz CT molecular complexity index is 1280. The lowest BCUT2D eigenvalue weighted by Crippen LogP contribution is -2.37. The van der Waals surface area contributed by atoms with Crippen molar-refractivity contribution in [3.63, 3.8) is 0 Å². The Balaban J connectivity index is 1.69. The van der Waals surface area contributed by atoms with E-state index in [0.29, 0.717) is 35.0 Å². The molecule has 0 aromatic heterocycles. The van der Waals surface area contributed by atoms with Gasteiger partial charge in [0.2, 0.25) is 0 Å². The van der Waals surface area contributed by atoms with E-state index in [-0.39, 0.29) is 5.82 Å². The maximum atomic E-state index is 14.6. The molecule has 1 unspecified atom stereocenters. The number of halogens is 1. The molecule has 0 aliphatic carbocycles. The molecule has 0 spiro atoms. The number of nitrogens with zero attached hydrogens (tertiary/aromatic N) is 1. The molecule has 0 radical (unpaired) electrons. The van der Waals surface area contributed by atoms with Crippen LogP contribution in [0.15, 0.2) is 84.9 Å². The van der Waals surface area contributed by atoms with Crippen molar-refractivity contribution in [1.82, 2.24) is 5.32 Å². The van der Waals surface area contributed by atoms with E-state index >= 15 is 0 Å². The van der Waals surface area contributed by atoms with Gasteiger partial charge >= 0.3 is 0 Å². The normalized spacial score (nSPS) is 14.3. The molecule has 4 N–H and O–H groups in total. The predicted octanol–water partition coefficient (Wildman–Crippen LogP) is 6.12. The molecule has 172 valence electrons. The second-order valence-corrected chi connectivity index (χ2v) is 7.97. The zero-order valence-electron chi connectivity index (χ0n) is 19.2. The van der Waals surface area contributed by atoms with Gasteiger partial charge in [-0.05, 0) is 30.2 Å². The van der Waals surface area contributed by atoms with Gasteiger partial charge in [0, 0.05) is 34.6 Å². The number of anilines is 2. The van der Waals surface area contributed by atoms with Crippen LogP contribution in [-0.4, -0.2) is 24.3 Å². The molecule has 0 saturated heterocycles. The van der Waals surface area contributed by atoms with Crippen molar-refractivity contribution in [2.75, 3.05) is 17.2 Å². The second-order valence-electron chi connectivity index (χ2n) is 7.97. The maximum Gasteiger partial charge on any atom is 0.164 e. The van der Waals surface area contributed by atoms with Gasteiger partial charge in [0.15, 0.2) is 6.17 Å². The molecule has 5 nitrogen and oxygen atoms in total. The number of rotatable bonds is 8. The Kier molecular flexibility index (Phi) is 6.87. The lowest BCUT2D eigenvalue weighted by molar-refractivity contribution is 0.629. The van der Waals surface area contributed by atoms with Gasteiger partial charge in [-0.25, -0.2) is 9.38 Å². The third kappa shape index (κ3) is 4.62. The molecule has 1 atom stereocenters. The number of nitrogens with one attached hydrogen (secondary N) is 4. The van der Waals surface area contributed by atoms with Gasteiger partial charge in [-0.15, -0.1) is 0 Å². The standard InChI is InChI=1S/C28H28FN5/c1-4-17-31-26-20(14-10-15-23(26)29)18(3)32-27-22-13-8-9-16-24(22)33-28(34-27)25(30)21-12-7-6-11-19(21)5-2/h5-16,28,30-31,33H,2-4,17H2,1H3,(H,32,34). The Morgan fingerprint density at radius 2 is 1.82 bits per heavy atom. The first kappa shape index (κ1) is 23.0. The van der Waals surface area contributed by atoms with Crippen molar-refractivity contribution in [3.8, 4) is 0 Å². The number of amidine groups is 1. The SMILES string of the molecule is C=Cc1ccccc1C(=N)C1N=C(NC(=C)c2cccc(F)c2NCCC)c2ccccc2N1. The molecule has 0 bridgehead atoms. The minimum atomic E-state index is -0.614. The summed E-state index contributed by atoms with van der Waals surface area (Å²) in [5.74, 6) is 0.234. The van der Waals surface area contributed by atoms with Gasteiger partial charge in [-0.2, -0.15) is 0 Å². The number of hydrogen-bond acceptors (Lipinski definition) is 5. The third-order valence-corrected chi connectivity index (χ3v) is 5.64. The molecule has 3 aromatic rings. The number of hydrogen-bond donors (Lipinski definition) is 4. The number of benzene rings is 3. The summed E-state index contributed by atoms with van der Waals surface area (Å²) in [4.78, 5) is 4.82. The molecule has 1 aliphatic heterocycles. The van der Waals surface area contributed by atoms with Crippen LogP contribution < -0.4 is 16.0 Å².